The van der Waals surface area contributed by atoms with Gasteiger partial charge in [-0.1, -0.05) is 11.6 Å². The molecule has 2 atom stereocenters. The topological polar surface area (TPSA) is 47.4 Å². The zero-order valence-corrected chi connectivity index (χ0v) is 14.8. The zero-order chi connectivity index (χ0) is 22.2. The van der Waals surface area contributed by atoms with Crippen molar-refractivity contribution in [1.82, 2.24) is 14.5 Å². The first kappa shape index (κ1) is 14.3. The fraction of sp³-hybridized carbons (Fsp3) is 0.263. The van der Waals surface area contributed by atoms with Crippen molar-refractivity contribution in [3.05, 3.63) is 58.1 Å². The molecule has 2 aliphatic heterocycles. The number of carbonyl (C=O) groups excluding carboxylic acids is 1. The number of benzene rings is 2. The molecule has 2 bridgehead atoms. The van der Waals surface area contributed by atoms with Gasteiger partial charge in [0, 0.05) is 28.1 Å². The van der Waals surface area contributed by atoms with Gasteiger partial charge in [0.1, 0.15) is 17.4 Å². The van der Waals surface area contributed by atoms with Crippen LogP contribution in [-0.4, -0.2) is 33.9 Å². The lowest BCUT2D eigenvalue weighted by atomic mass is 9.97. The Bertz CT molecular complexity index is 1250. The van der Waals surface area contributed by atoms with Gasteiger partial charge in [-0.3, -0.25) is 4.79 Å². The third-order valence-corrected chi connectivity index (χ3v) is 5.42. The second-order valence-electron chi connectivity index (χ2n) is 6.63. The lowest BCUT2D eigenvalue weighted by Crippen LogP contribution is -2.31. The van der Waals surface area contributed by atoms with Gasteiger partial charge in [0.2, 0.25) is 0 Å². The van der Waals surface area contributed by atoms with E-state index in [1.165, 1.54) is 0 Å². The molecule has 3 aromatic rings. The van der Waals surface area contributed by atoms with E-state index in [1.54, 1.807) is 22.8 Å². The Hall–Kier alpha value is -2.74. The van der Waals surface area contributed by atoms with Crippen molar-refractivity contribution in [2.24, 2.45) is 0 Å². The van der Waals surface area contributed by atoms with Gasteiger partial charge < -0.3 is 14.2 Å². The first-order valence-electron chi connectivity index (χ1n) is 9.86. The van der Waals surface area contributed by atoms with Crippen LogP contribution in [0.3, 0.4) is 0 Å². The highest BCUT2D eigenvalue weighted by atomic mass is 35.5. The Morgan fingerprint density at radius 3 is 2.89 bits per heavy atom. The van der Waals surface area contributed by atoms with E-state index < -0.39 is 48.7 Å². The molecule has 2 aliphatic rings. The van der Waals surface area contributed by atoms with Crippen LogP contribution in [0.5, 0.6) is 5.75 Å². The smallest absolute Gasteiger partial charge is 0.387 e. The molecule has 0 N–H and O–H groups in total. The number of hydrogen-bond acceptors (Lipinski definition) is 3. The van der Waals surface area contributed by atoms with E-state index >= 15 is 0 Å². The van der Waals surface area contributed by atoms with Crippen molar-refractivity contribution >= 4 is 28.5 Å². The quantitative estimate of drug-likeness (QED) is 0.622. The highest BCUT2D eigenvalue weighted by molar-refractivity contribution is 6.31. The standard InChI is InChI=1S/C19H13ClF3N3O2/c1-25-13-7-12(26-11-6-8(20)2-4-10(11)24-17(13)26)16-14(28-19(22)23)5-3-9(21)15(16)18(25)27/h2-6,12-13,19H,7H2,1H3/t12-,13-/m1/s1/i1D3. The molecule has 0 fully saturated rings. The van der Waals surface area contributed by atoms with Gasteiger partial charge in [-0.25, -0.2) is 9.37 Å². The number of amides is 1. The van der Waals surface area contributed by atoms with E-state index in [1.807, 2.05) is 0 Å². The van der Waals surface area contributed by atoms with Crippen molar-refractivity contribution in [1.29, 1.82) is 0 Å². The maximum absolute atomic E-state index is 14.9. The Kier molecular flexibility index (Phi) is 3.00. The lowest BCUT2D eigenvalue weighted by Gasteiger charge is -2.25. The minimum absolute atomic E-state index is 0.00493. The van der Waals surface area contributed by atoms with Crippen LogP contribution in [0.4, 0.5) is 13.2 Å². The van der Waals surface area contributed by atoms with Crippen LogP contribution in [0, 0.1) is 5.82 Å². The number of hydrogen-bond donors (Lipinski definition) is 0. The third-order valence-electron chi connectivity index (χ3n) is 5.18. The Labute approximate surface area is 166 Å². The lowest BCUT2D eigenvalue weighted by molar-refractivity contribution is -0.0507. The average Bonchev–Trinajstić information content (AvgIpc) is 3.14. The summed E-state index contributed by atoms with van der Waals surface area (Å²) < 4.78 is 71.0. The summed E-state index contributed by atoms with van der Waals surface area (Å²) in [5.74, 6) is -2.29. The van der Waals surface area contributed by atoms with Crippen molar-refractivity contribution in [3.8, 4) is 5.75 Å². The largest absolute Gasteiger partial charge is 0.434 e. The number of carbonyl (C=O) groups is 1. The van der Waals surface area contributed by atoms with Crippen molar-refractivity contribution in [2.45, 2.75) is 25.1 Å². The summed E-state index contributed by atoms with van der Waals surface area (Å²) >= 11 is 6.12. The summed E-state index contributed by atoms with van der Waals surface area (Å²) in [6.45, 7) is -6.15. The molecule has 5 rings (SSSR count). The number of nitrogens with zero attached hydrogens (tertiary/aromatic N) is 3. The number of fused-ring (bicyclic) bond motifs is 9. The molecule has 3 heterocycles. The van der Waals surface area contributed by atoms with E-state index in [4.69, 9.17) is 15.7 Å². The van der Waals surface area contributed by atoms with Crippen molar-refractivity contribution in [2.75, 3.05) is 6.98 Å². The Balaban J connectivity index is 1.88. The van der Waals surface area contributed by atoms with Crippen LogP contribution < -0.4 is 4.74 Å². The van der Waals surface area contributed by atoms with Crippen molar-refractivity contribution < 1.29 is 26.8 Å². The maximum Gasteiger partial charge on any atom is 0.387 e. The highest BCUT2D eigenvalue weighted by Gasteiger charge is 2.46. The fourth-order valence-corrected chi connectivity index (χ4v) is 4.29. The van der Waals surface area contributed by atoms with E-state index in [2.05, 4.69) is 9.72 Å². The molecule has 144 valence electrons. The second kappa shape index (κ2) is 5.88. The normalized spacial score (nSPS) is 22.5. The molecular weight excluding hydrogens is 395 g/mol. The Morgan fingerprint density at radius 1 is 1.32 bits per heavy atom. The molecule has 0 radical (unpaired) electrons. The van der Waals surface area contributed by atoms with Crippen LogP contribution >= 0.6 is 11.6 Å². The summed E-state index contributed by atoms with van der Waals surface area (Å²) in [6, 6.07) is 4.76. The van der Waals surface area contributed by atoms with Crippen LogP contribution in [0.25, 0.3) is 11.0 Å². The molecule has 1 aromatic heterocycles. The van der Waals surface area contributed by atoms with E-state index in [0.717, 1.165) is 12.1 Å². The summed E-state index contributed by atoms with van der Waals surface area (Å²) in [6.07, 6.45) is 0.00493. The first-order valence-corrected chi connectivity index (χ1v) is 8.74. The zero-order valence-electron chi connectivity index (χ0n) is 17.0. The van der Waals surface area contributed by atoms with E-state index in [0.29, 0.717) is 21.0 Å². The molecular formula is C19H13ClF3N3O2. The van der Waals surface area contributed by atoms with Gasteiger partial charge in [0.15, 0.2) is 0 Å². The average molecular weight is 411 g/mol. The molecule has 5 nitrogen and oxygen atoms in total. The summed E-state index contributed by atoms with van der Waals surface area (Å²) in [5, 5.41) is 0.377. The molecule has 0 spiro atoms. The molecule has 0 saturated carbocycles. The van der Waals surface area contributed by atoms with Crippen molar-refractivity contribution in [3.63, 3.8) is 0 Å². The molecule has 9 heteroatoms. The predicted octanol–water partition coefficient (Wildman–Crippen LogP) is 4.55. The van der Waals surface area contributed by atoms with Gasteiger partial charge in [-0.15, -0.1) is 0 Å². The van der Waals surface area contributed by atoms with Crippen LogP contribution in [-0.2, 0) is 0 Å². The van der Waals surface area contributed by atoms with Crippen LogP contribution in [0.15, 0.2) is 30.3 Å². The molecule has 0 saturated heterocycles. The number of aromatic nitrogens is 2. The summed E-state index contributed by atoms with van der Waals surface area (Å²) in [4.78, 5) is 18.3. The number of imidazole rings is 1. The minimum atomic E-state index is -3.22. The number of rotatable bonds is 2. The Morgan fingerprint density at radius 2 is 2.14 bits per heavy atom. The summed E-state index contributed by atoms with van der Waals surface area (Å²) in [7, 11) is 0. The van der Waals surface area contributed by atoms with E-state index in [9.17, 15) is 18.0 Å². The van der Waals surface area contributed by atoms with Gasteiger partial charge in [-0.2, -0.15) is 8.78 Å². The van der Waals surface area contributed by atoms with Gasteiger partial charge in [-0.05, 0) is 30.3 Å². The SMILES string of the molecule is [2H]C([2H])([2H])N1C(=O)c2c(F)ccc(OC(F)F)c2[C@H]2C[C@@H]1c1nc3ccc(Cl)cc3n12. The molecule has 2 aromatic carbocycles. The number of alkyl halides is 2. The second-order valence-corrected chi connectivity index (χ2v) is 7.06. The molecule has 28 heavy (non-hydrogen) atoms. The van der Waals surface area contributed by atoms with Gasteiger partial charge in [0.05, 0.1) is 28.7 Å². The summed E-state index contributed by atoms with van der Waals surface area (Å²) in [5.41, 5.74) is 0.243. The van der Waals surface area contributed by atoms with Crippen LogP contribution in [0.2, 0.25) is 5.02 Å². The third kappa shape index (κ3) is 2.27. The van der Waals surface area contributed by atoms with Gasteiger partial charge in [0.25, 0.3) is 5.91 Å². The minimum Gasteiger partial charge on any atom is -0.434 e. The monoisotopic (exact) mass is 410 g/mol. The predicted molar refractivity (Wildman–Crippen MR) is 95.4 cm³/mol. The van der Waals surface area contributed by atoms with E-state index in [-0.39, 0.29) is 17.8 Å². The fourth-order valence-electron chi connectivity index (χ4n) is 4.12. The maximum atomic E-state index is 14.9. The molecule has 0 aliphatic carbocycles. The number of ether oxygens (including phenoxy) is 1. The molecule has 0 unspecified atom stereocenters. The first-order chi connectivity index (χ1) is 14.6. The highest BCUT2D eigenvalue weighted by Crippen LogP contribution is 2.50. The van der Waals surface area contributed by atoms with Gasteiger partial charge >= 0.3 is 6.61 Å². The van der Waals surface area contributed by atoms with Crippen LogP contribution in [0.1, 0.15) is 44.4 Å². The number of halogens is 4. The molecule has 1 amide bonds.